The van der Waals surface area contributed by atoms with Crippen molar-refractivity contribution >= 4 is 43.5 Å². The number of halogens is 2. The highest BCUT2D eigenvalue weighted by Crippen LogP contribution is 2.45. The molecule has 0 unspecified atom stereocenters. The molecule has 8 nitrogen and oxygen atoms in total. The zero-order valence-electron chi connectivity index (χ0n) is 19.3. The van der Waals surface area contributed by atoms with E-state index in [9.17, 15) is 9.59 Å². The second-order valence-electron chi connectivity index (χ2n) is 8.95. The first-order chi connectivity index (χ1) is 18.0. The van der Waals surface area contributed by atoms with Crippen molar-refractivity contribution in [2.45, 2.75) is 0 Å². The summed E-state index contributed by atoms with van der Waals surface area (Å²) in [6, 6.07) is 12.8. The van der Waals surface area contributed by atoms with E-state index in [-0.39, 0.29) is 22.4 Å². The molecule has 0 bridgehead atoms. The normalized spacial score (nSPS) is 14.6. The molecule has 4 heterocycles. The van der Waals surface area contributed by atoms with Gasteiger partial charge in [-0.15, -0.1) is 0 Å². The molecule has 184 valence electrons. The molecule has 0 atom stereocenters. The highest BCUT2D eigenvalue weighted by Gasteiger charge is 2.31. The maximum atomic E-state index is 15.7. The lowest BCUT2D eigenvalue weighted by Crippen LogP contribution is -2.42. The zero-order valence-corrected chi connectivity index (χ0v) is 20.9. The van der Waals surface area contributed by atoms with Crippen LogP contribution >= 0.6 is 15.9 Å². The Bertz CT molecular complexity index is 1820. The predicted octanol–water partition coefficient (Wildman–Crippen LogP) is 4.81. The number of amides is 1. The topological polar surface area (TPSA) is 78.6 Å². The summed E-state index contributed by atoms with van der Waals surface area (Å²) in [6.45, 7) is 1.57. The van der Waals surface area contributed by atoms with Gasteiger partial charge in [-0.25, -0.2) is 9.37 Å². The number of nitrogens with zero attached hydrogens (tertiary/aromatic N) is 4. The van der Waals surface area contributed by atoms with Crippen LogP contribution in [0.15, 0.2) is 70.6 Å². The molecule has 1 saturated heterocycles. The summed E-state index contributed by atoms with van der Waals surface area (Å²) >= 11 is 3.30. The number of hydrogen-bond acceptors (Lipinski definition) is 5. The number of benzene rings is 3. The second-order valence-corrected chi connectivity index (χ2v) is 9.76. The van der Waals surface area contributed by atoms with Gasteiger partial charge in [0, 0.05) is 25.5 Å². The van der Waals surface area contributed by atoms with E-state index in [0.29, 0.717) is 47.9 Å². The van der Waals surface area contributed by atoms with Crippen LogP contribution in [0.3, 0.4) is 0 Å². The van der Waals surface area contributed by atoms with Crippen molar-refractivity contribution in [2.75, 3.05) is 26.3 Å². The number of hydrogen-bond donors (Lipinski definition) is 0. The number of pyridine rings is 1. The first-order valence-electron chi connectivity index (χ1n) is 11.7. The van der Waals surface area contributed by atoms with Crippen LogP contribution in [0.1, 0.15) is 10.4 Å². The monoisotopic (exact) mass is 560 g/mol. The maximum absolute atomic E-state index is 15.7. The summed E-state index contributed by atoms with van der Waals surface area (Å²) in [7, 11) is 0. The average molecular weight is 561 g/mol. The van der Waals surface area contributed by atoms with Gasteiger partial charge in [0.15, 0.2) is 17.3 Å². The Morgan fingerprint density at radius 3 is 2.54 bits per heavy atom. The Kier molecular flexibility index (Phi) is 4.95. The van der Waals surface area contributed by atoms with Gasteiger partial charge in [0.1, 0.15) is 27.7 Å². The van der Waals surface area contributed by atoms with Gasteiger partial charge in [-0.05, 0) is 44.9 Å². The summed E-state index contributed by atoms with van der Waals surface area (Å²) in [5.74, 6) is -0.425. The van der Waals surface area contributed by atoms with Crippen LogP contribution in [-0.2, 0) is 4.74 Å². The van der Waals surface area contributed by atoms with Crippen molar-refractivity contribution in [3.63, 3.8) is 0 Å². The molecular formula is C27H18BrFN4O4. The standard InChI is InChI=1S/C27H18BrFN4O4/c28-22-13-32(14-30-22)24-19(29)11-17-23-26(24)37-21-10-16-4-2-1-3-15(16)9-20(21)33(23)12-18(25(17)34)27(35)31-5-7-36-8-6-31/h1-4,9-14H,5-8H2. The SMILES string of the molecule is O=C(c1cn2c3c(c(-n4cnc(Br)c4)c(F)cc3c1=O)Oc1cc3ccccc3cc1-2)N1CCOCC1. The second kappa shape index (κ2) is 8.25. The van der Waals surface area contributed by atoms with E-state index < -0.39 is 17.2 Å². The summed E-state index contributed by atoms with van der Waals surface area (Å²) in [5.41, 5.74) is 0.571. The van der Waals surface area contributed by atoms with Crippen LogP contribution in [0.2, 0.25) is 0 Å². The quantitative estimate of drug-likeness (QED) is 0.303. The first kappa shape index (κ1) is 22.2. The Hall–Kier alpha value is -4.02. The molecule has 0 aliphatic carbocycles. The van der Waals surface area contributed by atoms with Crippen molar-refractivity contribution in [1.82, 2.24) is 19.0 Å². The molecule has 1 fully saturated rings. The molecule has 37 heavy (non-hydrogen) atoms. The molecule has 2 aliphatic heterocycles. The summed E-state index contributed by atoms with van der Waals surface area (Å²) in [6.07, 6.45) is 4.62. The average Bonchev–Trinajstić information content (AvgIpc) is 3.34. The summed E-state index contributed by atoms with van der Waals surface area (Å²) in [5, 5.41) is 1.96. The number of morpholine rings is 1. The largest absolute Gasteiger partial charge is 0.451 e. The molecule has 0 spiro atoms. The van der Waals surface area contributed by atoms with Crippen LogP contribution < -0.4 is 10.2 Å². The van der Waals surface area contributed by atoms with Gasteiger partial charge in [-0.1, -0.05) is 24.3 Å². The van der Waals surface area contributed by atoms with Crippen molar-refractivity contribution < 1.29 is 18.7 Å². The Labute approximate surface area is 217 Å². The third-order valence-corrected chi connectivity index (χ3v) is 7.22. The minimum Gasteiger partial charge on any atom is -0.451 e. The molecule has 2 aromatic heterocycles. The van der Waals surface area contributed by atoms with Crippen molar-refractivity contribution in [1.29, 1.82) is 0 Å². The van der Waals surface area contributed by atoms with Gasteiger partial charge in [0.2, 0.25) is 5.43 Å². The van der Waals surface area contributed by atoms with E-state index in [4.69, 9.17) is 9.47 Å². The highest BCUT2D eigenvalue weighted by atomic mass is 79.9. The maximum Gasteiger partial charge on any atom is 0.259 e. The number of fused-ring (bicyclic) bond motifs is 3. The van der Waals surface area contributed by atoms with E-state index in [1.54, 1.807) is 21.9 Å². The van der Waals surface area contributed by atoms with Crippen LogP contribution in [0.4, 0.5) is 4.39 Å². The van der Waals surface area contributed by atoms with Crippen LogP contribution in [0.25, 0.3) is 33.1 Å². The number of aromatic nitrogens is 3. The van der Waals surface area contributed by atoms with Gasteiger partial charge < -0.3 is 18.9 Å². The van der Waals surface area contributed by atoms with E-state index in [1.807, 2.05) is 36.4 Å². The van der Waals surface area contributed by atoms with Crippen LogP contribution in [-0.4, -0.2) is 51.2 Å². The molecule has 1 amide bonds. The van der Waals surface area contributed by atoms with Gasteiger partial charge in [0.25, 0.3) is 5.91 Å². The van der Waals surface area contributed by atoms with E-state index in [1.165, 1.54) is 17.0 Å². The number of carbonyl (C=O) groups excluding carboxylic acids is 1. The number of ether oxygens (including phenoxy) is 2. The fourth-order valence-electron chi connectivity index (χ4n) is 5.04. The lowest BCUT2D eigenvalue weighted by atomic mass is 10.0. The zero-order chi connectivity index (χ0) is 25.3. The Balaban J connectivity index is 1.57. The molecule has 0 radical (unpaired) electrons. The van der Waals surface area contributed by atoms with E-state index in [0.717, 1.165) is 10.8 Å². The Morgan fingerprint density at radius 1 is 1.05 bits per heavy atom. The number of carbonyl (C=O) groups is 1. The molecule has 5 aromatic rings. The summed E-state index contributed by atoms with van der Waals surface area (Å²) < 4.78 is 31.2. The van der Waals surface area contributed by atoms with E-state index in [2.05, 4.69) is 20.9 Å². The van der Waals surface area contributed by atoms with Crippen LogP contribution in [0.5, 0.6) is 11.5 Å². The smallest absolute Gasteiger partial charge is 0.259 e. The Morgan fingerprint density at radius 2 is 1.81 bits per heavy atom. The molecule has 0 N–H and O–H groups in total. The molecule has 10 heteroatoms. The minimum absolute atomic E-state index is 0.0288. The van der Waals surface area contributed by atoms with Gasteiger partial charge in [-0.2, -0.15) is 0 Å². The third-order valence-electron chi connectivity index (χ3n) is 6.81. The van der Waals surface area contributed by atoms with Crippen molar-refractivity contribution in [3.05, 3.63) is 87.4 Å². The first-order valence-corrected chi connectivity index (χ1v) is 12.5. The van der Waals surface area contributed by atoms with Gasteiger partial charge >= 0.3 is 0 Å². The van der Waals surface area contributed by atoms with Crippen molar-refractivity contribution in [3.8, 4) is 22.9 Å². The lowest BCUT2D eigenvalue weighted by Gasteiger charge is -2.29. The molecule has 3 aromatic carbocycles. The van der Waals surface area contributed by atoms with E-state index >= 15 is 4.39 Å². The fourth-order valence-corrected chi connectivity index (χ4v) is 5.35. The third kappa shape index (κ3) is 3.40. The highest BCUT2D eigenvalue weighted by molar-refractivity contribution is 9.10. The predicted molar refractivity (Wildman–Crippen MR) is 139 cm³/mol. The fraction of sp³-hybridized carbons (Fsp3) is 0.148. The van der Waals surface area contributed by atoms with Gasteiger partial charge in [0.05, 0.1) is 24.3 Å². The number of rotatable bonds is 2. The van der Waals surface area contributed by atoms with Crippen LogP contribution in [0, 0.1) is 5.82 Å². The molecule has 2 aliphatic rings. The molecular weight excluding hydrogens is 543 g/mol. The minimum atomic E-state index is -0.670. The van der Waals surface area contributed by atoms with Gasteiger partial charge in [-0.3, -0.25) is 14.2 Å². The summed E-state index contributed by atoms with van der Waals surface area (Å²) in [4.78, 5) is 32.8. The number of imidazole rings is 1. The lowest BCUT2D eigenvalue weighted by molar-refractivity contribution is 0.0302. The molecule has 0 saturated carbocycles. The van der Waals surface area contributed by atoms with Crippen molar-refractivity contribution in [2.24, 2.45) is 0 Å². The molecule has 7 rings (SSSR count).